The number of aromatic nitrogens is 1. The van der Waals surface area contributed by atoms with Crippen molar-refractivity contribution in [1.29, 1.82) is 0 Å². The van der Waals surface area contributed by atoms with E-state index in [1.54, 1.807) is 0 Å². The molecule has 1 atom stereocenters. The van der Waals surface area contributed by atoms with Crippen LogP contribution >= 0.6 is 0 Å². The van der Waals surface area contributed by atoms with E-state index in [4.69, 9.17) is 9.72 Å². The van der Waals surface area contributed by atoms with Crippen molar-refractivity contribution in [3.05, 3.63) is 66.0 Å². The highest BCUT2D eigenvalue weighted by atomic mass is 16.5. The third-order valence-corrected chi connectivity index (χ3v) is 6.59. The molecule has 2 fully saturated rings. The van der Waals surface area contributed by atoms with E-state index in [-0.39, 0.29) is 11.0 Å². The standard InChI is InChI=1S/C24H32N2O/c1-2-8-21(9-3-1)11-17-25-18-14-23(22-10-4-7-16-26-22)15-19-27-24(20-23)12-5-6-13-24/h1-4,7-10,16,25H,5-6,11-15,17-20H2. The Hall–Kier alpha value is -1.71. The van der Waals surface area contributed by atoms with E-state index >= 15 is 0 Å². The lowest BCUT2D eigenvalue weighted by Gasteiger charge is -2.46. The predicted octanol–water partition coefficient (Wildman–Crippen LogP) is 4.67. The van der Waals surface area contributed by atoms with Crippen LogP contribution in [0.15, 0.2) is 54.7 Å². The van der Waals surface area contributed by atoms with Gasteiger partial charge < -0.3 is 10.1 Å². The number of benzene rings is 1. The molecule has 1 saturated heterocycles. The van der Waals surface area contributed by atoms with Crippen molar-refractivity contribution >= 4 is 0 Å². The Balaban J connectivity index is 1.40. The Morgan fingerprint density at radius 1 is 0.926 bits per heavy atom. The zero-order valence-electron chi connectivity index (χ0n) is 16.3. The van der Waals surface area contributed by atoms with E-state index in [9.17, 15) is 0 Å². The van der Waals surface area contributed by atoms with Crippen LogP contribution in [0, 0.1) is 0 Å². The van der Waals surface area contributed by atoms with E-state index in [1.165, 1.54) is 36.9 Å². The van der Waals surface area contributed by atoms with Crippen molar-refractivity contribution in [2.75, 3.05) is 19.7 Å². The smallest absolute Gasteiger partial charge is 0.0691 e. The SMILES string of the molecule is c1ccc(CCNCCC2(c3ccccn3)CCOC3(CCCC3)C2)cc1. The largest absolute Gasteiger partial charge is 0.375 e. The molecule has 4 rings (SSSR count). The summed E-state index contributed by atoms with van der Waals surface area (Å²) < 4.78 is 6.34. The molecule has 1 aliphatic heterocycles. The van der Waals surface area contributed by atoms with Gasteiger partial charge >= 0.3 is 0 Å². The van der Waals surface area contributed by atoms with Gasteiger partial charge in [-0.25, -0.2) is 0 Å². The fraction of sp³-hybridized carbons (Fsp3) is 0.542. The molecule has 1 aromatic carbocycles. The Bertz CT molecular complexity index is 697. The van der Waals surface area contributed by atoms with E-state index in [2.05, 4.69) is 47.8 Å². The van der Waals surface area contributed by atoms with Gasteiger partial charge in [-0.3, -0.25) is 4.98 Å². The number of rotatable bonds is 7. The molecule has 1 spiro atoms. The summed E-state index contributed by atoms with van der Waals surface area (Å²) in [5.41, 5.74) is 2.94. The normalized spacial score (nSPS) is 24.3. The summed E-state index contributed by atoms with van der Waals surface area (Å²) in [4.78, 5) is 4.79. The first kappa shape index (κ1) is 18.6. The quantitative estimate of drug-likeness (QED) is 0.725. The number of nitrogens with zero attached hydrogens (tertiary/aromatic N) is 1. The summed E-state index contributed by atoms with van der Waals surface area (Å²) in [5, 5.41) is 3.69. The first-order valence-electron chi connectivity index (χ1n) is 10.6. The van der Waals surface area contributed by atoms with E-state index in [0.717, 1.165) is 45.4 Å². The van der Waals surface area contributed by atoms with Crippen LogP contribution in [0.2, 0.25) is 0 Å². The van der Waals surface area contributed by atoms with E-state index < -0.39 is 0 Å². The summed E-state index contributed by atoms with van der Waals surface area (Å²) in [6, 6.07) is 17.1. The van der Waals surface area contributed by atoms with Crippen molar-refractivity contribution in [2.24, 2.45) is 0 Å². The summed E-state index contributed by atoms with van der Waals surface area (Å²) >= 11 is 0. The molecule has 2 aliphatic rings. The average Bonchev–Trinajstić information content (AvgIpc) is 3.16. The zero-order chi connectivity index (χ0) is 18.4. The average molecular weight is 365 g/mol. The second-order valence-electron chi connectivity index (χ2n) is 8.40. The van der Waals surface area contributed by atoms with Crippen LogP contribution in [0.1, 0.15) is 56.2 Å². The van der Waals surface area contributed by atoms with Crippen LogP contribution in [0.25, 0.3) is 0 Å². The van der Waals surface area contributed by atoms with E-state index in [0.29, 0.717) is 0 Å². The molecule has 0 bridgehead atoms. The zero-order valence-corrected chi connectivity index (χ0v) is 16.3. The maximum absolute atomic E-state index is 6.34. The minimum Gasteiger partial charge on any atom is -0.375 e. The third-order valence-electron chi connectivity index (χ3n) is 6.59. The highest BCUT2D eigenvalue weighted by Gasteiger charge is 2.48. The van der Waals surface area contributed by atoms with Gasteiger partial charge in [0, 0.05) is 23.9 Å². The van der Waals surface area contributed by atoms with Crippen molar-refractivity contribution in [2.45, 2.75) is 62.4 Å². The molecule has 3 nitrogen and oxygen atoms in total. The minimum absolute atomic E-state index is 0.111. The molecule has 2 heterocycles. The van der Waals surface area contributed by atoms with Crippen LogP contribution in [-0.4, -0.2) is 30.3 Å². The molecule has 1 saturated carbocycles. The number of nitrogens with one attached hydrogen (secondary N) is 1. The Kier molecular flexibility index (Phi) is 5.89. The van der Waals surface area contributed by atoms with Gasteiger partial charge in [-0.2, -0.15) is 0 Å². The summed E-state index contributed by atoms with van der Waals surface area (Å²) in [6.45, 7) is 2.95. The molecular weight excluding hydrogens is 332 g/mol. The van der Waals surface area contributed by atoms with Gasteiger partial charge in [0.2, 0.25) is 0 Å². The topological polar surface area (TPSA) is 34.2 Å². The molecule has 144 valence electrons. The van der Waals surface area contributed by atoms with Crippen molar-refractivity contribution < 1.29 is 4.74 Å². The maximum atomic E-state index is 6.34. The number of ether oxygens (including phenoxy) is 1. The van der Waals surface area contributed by atoms with E-state index in [1.807, 2.05) is 12.3 Å². The van der Waals surface area contributed by atoms with Gasteiger partial charge in [-0.05, 0) is 69.3 Å². The first-order chi connectivity index (χ1) is 13.3. The maximum Gasteiger partial charge on any atom is 0.0691 e. The van der Waals surface area contributed by atoms with Crippen LogP contribution in [-0.2, 0) is 16.6 Å². The Labute approximate surface area is 163 Å². The highest BCUT2D eigenvalue weighted by molar-refractivity contribution is 5.21. The Morgan fingerprint density at radius 3 is 2.52 bits per heavy atom. The number of pyridine rings is 1. The summed E-state index contributed by atoms with van der Waals surface area (Å²) in [5.74, 6) is 0. The van der Waals surface area contributed by atoms with Gasteiger partial charge in [-0.1, -0.05) is 49.2 Å². The van der Waals surface area contributed by atoms with Crippen molar-refractivity contribution in [3.63, 3.8) is 0 Å². The first-order valence-corrected chi connectivity index (χ1v) is 10.6. The lowest BCUT2D eigenvalue weighted by Crippen LogP contribution is -2.47. The molecule has 1 aromatic heterocycles. The third kappa shape index (κ3) is 4.41. The minimum atomic E-state index is 0.111. The summed E-state index contributed by atoms with van der Waals surface area (Å²) in [7, 11) is 0. The van der Waals surface area contributed by atoms with Crippen molar-refractivity contribution in [3.8, 4) is 0 Å². The lowest BCUT2D eigenvalue weighted by atomic mass is 9.68. The molecule has 1 N–H and O–H groups in total. The van der Waals surface area contributed by atoms with Crippen LogP contribution in [0.4, 0.5) is 0 Å². The molecule has 1 aliphatic carbocycles. The van der Waals surface area contributed by atoms with Crippen LogP contribution in [0.3, 0.4) is 0 Å². The van der Waals surface area contributed by atoms with Gasteiger partial charge in [0.15, 0.2) is 0 Å². The van der Waals surface area contributed by atoms with Crippen LogP contribution < -0.4 is 5.32 Å². The fourth-order valence-electron chi connectivity index (χ4n) is 5.13. The lowest BCUT2D eigenvalue weighted by molar-refractivity contribution is -0.104. The van der Waals surface area contributed by atoms with Crippen molar-refractivity contribution in [1.82, 2.24) is 10.3 Å². The van der Waals surface area contributed by atoms with Crippen LogP contribution in [0.5, 0.6) is 0 Å². The summed E-state index contributed by atoms with van der Waals surface area (Å²) in [6.07, 6.45) is 11.5. The van der Waals surface area contributed by atoms with Gasteiger partial charge in [0.05, 0.1) is 5.60 Å². The molecule has 0 radical (unpaired) electrons. The second kappa shape index (κ2) is 8.53. The number of hydrogen-bond acceptors (Lipinski definition) is 3. The molecule has 2 aromatic rings. The number of hydrogen-bond donors (Lipinski definition) is 1. The fourth-order valence-corrected chi connectivity index (χ4v) is 5.13. The monoisotopic (exact) mass is 364 g/mol. The Morgan fingerprint density at radius 2 is 1.74 bits per heavy atom. The van der Waals surface area contributed by atoms with Gasteiger partial charge in [0.25, 0.3) is 0 Å². The molecule has 27 heavy (non-hydrogen) atoms. The highest BCUT2D eigenvalue weighted by Crippen LogP contribution is 2.49. The second-order valence-corrected chi connectivity index (χ2v) is 8.40. The molecule has 1 unspecified atom stereocenters. The molecular formula is C24H32N2O. The predicted molar refractivity (Wildman–Crippen MR) is 110 cm³/mol. The molecule has 0 amide bonds. The molecule has 3 heteroatoms. The van der Waals surface area contributed by atoms with Gasteiger partial charge in [-0.15, -0.1) is 0 Å². The van der Waals surface area contributed by atoms with Gasteiger partial charge in [0.1, 0.15) is 0 Å².